The van der Waals surface area contributed by atoms with Gasteiger partial charge in [-0.05, 0) is 38.4 Å². The molecule has 0 saturated carbocycles. The molecule has 0 saturated heterocycles. The topological polar surface area (TPSA) is 0 Å². The highest BCUT2D eigenvalue weighted by molar-refractivity contribution is 7.47. The number of benzene rings is 1. The Balaban J connectivity index is 2.14. The minimum Gasteiger partial charge on any atom is -0.0620 e. The van der Waals surface area contributed by atoms with Gasteiger partial charge in [0.1, 0.15) is 0 Å². The Morgan fingerprint density at radius 2 is 2.08 bits per heavy atom. The number of hydrogen-bond acceptors (Lipinski definition) is 0. The lowest BCUT2D eigenvalue weighted by molar-refractivity contribution is 1.20. The molecule has 0 aromatic heterocycles. The summed E-state index contributed by atoms with van der Waals surface area (Å²) in [4.78, 5) is 0. The smallest absolute Gasteiger partial charge is 0.00122 e. The van der Waals surface area contributed by atoms with E-state index in [9.17, 15) is 0 Å². The second-order valence-electron chi connectivity index (χ2n) is 3.23. The van der Waals surface area contributed by atoms with Crippen LogP contribution in [0.4, 0.5) is 0 Å². The van der Waals surface area contributed by atoms with E-state index in [1.54, 1.807) is 0 Å². The molecule has 0 bridgehead atoms. The molecule has 0 N–H and O–H groups in total. The molecule has 13 heavy (non-hydrogen) atoms. The fourth-order valence-electron chi connectivity index (χ4n) is 1.44. The van der Waals surface area contributed by atoms with E-state index in [1.165, 1.54) is 25.0 Å². The van der Waals surface area contributed by atoms with Crippen LogP contribution in [0.15, 0.2) is 47.5 Å². The molecule has 0 nitrogen and oxygen atoms in total. The molecule has 0 spiro atoms. The highest BCUT2D eigenvalue weighted by atomic mass is 31.1. The van der Waals surface area contributed by atoms with Crippen LogP contribution in [-0.2, 0) is 6.42 Å². The van der Waals surface area contributed by atoms with Gasteiger partial charge >= 0.3 is 0 Å². The standard InChI is InChI=1S/C12H12P/c1-10-5-2-3-6-11(10)9-12-7-4-8-13-12/h2-8H,9H2,1H3. The highest BCUT2D eigenvalue weighted by Crippen LogP contribution is 2.33. The van der Waals surface area contributed by atoms with E-state index in [0.29, 0.717) is 0 Å². The van der Waals surface area contributed by atoms with Crippen LogP contribution >= 0.6 is 8.58 Å². The summed E-state index contributed by atoms with van der Waals surface area (Å²) in [5.74, 6) is 2.19. The average Bonchev–Trinajstić information content (AvgIpc) is 2.61. The minimum absolute atomic E-state index is 1.10. The van der Waals surface area contributed by atoms with Crippen molar-refractivity contribution in [1.82, 2.24) is 0 Å². The van der Waals surface area contributed by atoms with E-state index < -0.39 is 0 Å². The van der Waals surface area contributed by atoms with E-state index >= 15 is 0 Å². The van der Waals surface area contributed by atoms with E-state index in [0.717, 1.165) is 6.42 Å². The molecular formula is C12H12P. The molecule has 1 radical (unpaired) electrons. The van der Waals surface area contributed by atoms with Gasteiger partial charge in [0.25, 0.3) is 0 Å². The summed E-state index contributed by atoms with van der Waals surface area (Å²) in [6.07, 6.45) is 5.45. The van der Waals surface area contributed by atoms with E-state index in [1.807, 2.05) is 0 Å². The Hall–Kier alpha value is -0.870. The Labute approximate surface area is 81.2 Å². The van der Waals surface area contributed by atoms with Crippen LogP contribution in [0, 0.1) is 6.92 Å². The molecule has 1 heterocycles. The van der Waals surface area contributed by atoms with Crippen molar-refractivity contribution in [3.63, 3.8) is 0 Å². The third-order valence-corrected chi connectivity index (χ3v) is 3.21. The van der Waals surface area contributed by atoms with Crippen molar-refractivity contribution in [3.8, 4) is 0 Å². The van der Waals surface area contributed by atoms with Crippen LogP contribution < -0.4 is 0 Å². The summed E-state index contributed by atoms with van der Waals surface area (Å²) < 4.78 is 0. The van der Waals surface area contributed by atoms with Crippen LogP contribution in [0.5, 0.6) is 0 Å². The van der Waals surface area contributed by atoms with Crippen LogP contribution in [0.2, 0.25) is 0 Å². The van der Waals surface area contributed by atoms with Crippen LogP contribution in [0.1, 0.15) is 11.1 Å². The molecule has 1 aliphatic rings. The number of rotatable bonds is 2. The van der Waals surface area contributed by atoms with Gasteiger partial charge in [-0.15, -0.1) is 0 Å². The number of hydrogen-bond donors (Lipinski definition) is 0. The first-order valence-corrected chi connectivity index (χ1v) is 5.44. The largest absolute Gasteiger partial charge is 0.0620 e. The second-order valence-corrected chi connectivity index (χ2v) is 4.36. The van der Waals surface area contributed by atoms with Gasteiger partial charge in [0, 0.05) is 0 Å². The zero-order valence-corrected chi connectivity index (χ0v) is 8.59. The maximum absolute atomic E-state index is 2.22. The van der Waals surface area contributed by atoms with Gasteiger partial charge < -0.3 is 0 Å². The normalized spacial score (nSPS) is 16.5. The van der Waals surface area contributed by atoms with Crippen LogP contribution in [-0.4, -0.2) is 0 Å². The molecule has 0 fully saturated rings. The summed E-state index contributed by atoms with van der Waals surface area (Å²) in [5.41, 5.74) is 2.84. The molecule has 2 rings (SSSR count). The third kappa shape index (κ3) is 2.08. The van der Waals surface area contributed by atoms with Crippen molar-refractivity contribution >= 4 is 8.58 Å². The third-order valence-electron chi connectivity index (χ3n) is 2.25. The maximum atomic E-state index is 2.22. The van der Waals surface area contributed by atoms with Gasteiger partial charge in [-0.25, -0.2) is 0 Å². The highest BCUT2D eigenvalue weighted by Gasteiger charge is 2.03. The zero-order valence-electron chi connectivity index (χ0n) is 7.70. The first-order valence-electron chi connectivity index (χ1n) is 4.47. The molecule has 1 aliphatic heterocycles. The predicted octanol–water partition coefficient (Wildman–Crippen LogP) is 3.89. The van der Waals surface area contributed by atoms with Gasteiger partial charge in [-0.2, -0.15) is 0 Å². The summed E-state index contributed by atoms with van der Waals surface area (Å²) in [6.45, 7) is 2.18. The minimum atomic E-state index is 1.10. The van der Waals surface area contributed by atoms with Gasteiger partial charge in [-0.1, -0.05) is 42.2 Å². The quantitative estimate of drug-likeness (QED) is 0.616. The Kier molecular flexibility index (Phi) is 2.61. The van der Waals surface area contributed by atoms with Gasteiger partial charge in [0.05, 0.1) is 0 Å². The fraction of sp³-hybridized carbons (Fsp3) is 0.167. The fourth-order valence-corrected chi connectivity index (χ4v) is 2.24. The lowest BCUT2D eigenvalue weighted by Gasteiger charge is -2.04. The van der Waals surface area contributed by atoms with Gasteiger partial charge in [0.2, 0.25) is 0 Å². The summed E-state index contributed by atoms with van der Waals surface area (Å²) in [7, 11) is 1.36. The molecule has 1 aromatic rings. The number of allylic oxidation sites excluding steroid dienone is 3. The first-order chi connectivity index (χ1) is 6.36. The van der Waals surface area contributed by atoms with Crippen molar-refractivity contribution < 1.29 is 0 Å². The van der Waals surface area contributed by atoms with E-state index in [2.05, 4.69) is 49.2 Å². The Morgan fingerprint density at radius 1 is 1.23 bits per heavy atom. The predicted molar refractivity (Wildman–Crippen MR) is 59.0 cm³/mol. The summed E-state index contributed by atoms with van der Waals surface area (Å²) >= 11 is 0. The van der Waals surface area contributed by atoms with Gasteiger partial charge in [-0.3, -0.25) is 0 Å². The molecule has 1 heteroatoms. The second kappa shape index (κ2) is 3.89. The average molecular weight is 187 g/mol. The Morgan fingerprint density at radius 3 is 2.77 bits per heavy atom. The SMILES string of the molecule is Cc1ccccc1CC1=CC=C[P]1. The molecular weight excluding hydrogens is 175 g/mol. The molecule has 0 aliphatic carbocycles. The lowest BCUT2D eigenvalue weighted by atomic mass is 10.1. The summed E-state index contributed by atoms with van der Waals surface area (Å²) in [5, 5.41) is 1.49. The van der Waals surface area contributed by atoms with E-state index in [-0.39, 0.29) is 0 Å². The summed E-state index contributed by atoms with van der Waals surface area (Å²) in [6, 6.07) is 8.60. The Bertz CT molecular complexity index is 361. The molecule has 0 atom stereocenters. The lowest BCUT2D eigenvalue weighted by Crippen LogP contribution is -1.88. The molecule has 0 amide bonds. The van der Waals surface area contributed by atoms with Crippen LogP contribution in [0.25, 0.3) is 0 Å². The van der Waals surface area contributed by atoms with Crippen molar-refractivity contribution in [2.45, 2.75) is 13.3 Å². The molecule has 65 valence electrons. The molecule has 1 aromatic carbocycles. The molecule has 0 unspecified atom stereocenters. The zero-order chi connectivity index (χ0) is 9.10. The van der Waals surface area contributed by atoms with Crippen molar-refractivity contribution in [2.24, 2.45) is 0 Å². The van der Waals surface area contributed by atoms with Gasteiger partial charge in [0.15, 0.2) is 0 Å². The van der Waals surface area contributed by atoms with E-state index in [4.69, 9.17) is 0 Å². The monoisotopic (exact) mass is 187 g/mol. The van der Waals surface area contributed by atoms with Crippen LogP contribution in [0.3, 0.4) is 0 Å². The van der Waals surface area contributed by atoms with Crippen molar-refractivity contribution in [1.29, 1.82) is 0 Å². The first kappa shape index (κ1) is 8.72. The van der Waals surface area contributed by atoms with Crippen molar-refractivity contribution in [3.05, 3.63) is 58.7 Å². The van der Waals surface area contributed by atoms with Crippen molar-refractivity contribution in [2.75, 3.05) is 0 Å². The number of aryl methyl sites for hydroxylation is 1. The maximum Gasteiger partial charge on any atom is -0.00122 e.